The van der Waals surface area contributed by atoms with Crippen molar-refractivity contribution < 1.29 is 19.1 Å². The maximum absolute atomic E-state index is 11.5. The maximum Gasteiger partial charge on any atom is 0.327 e. The average Bonchev–Trinajstić information content (AvgIpc) is 3.38. The number of aromatic nitrogens is 2. The van der Waals surface area contributed by atoms with E-state index >= 15 is 0 Å². The smallest absolute Gasteiger partial charge is 0.327 e. The van der Waals surface area contributed by atoms with Gasteiger partial charge in [0.2, 0.25) is 5.89 Å². The second kappa shape index (κ2) is 9.76. The van der Waals surface area contributed by atoms with Crippen LogP contribution in [0.3, 0.4) is 0 Å². The van der Waals surface area contributed by atoms with E-state index in [1.54, 1.807) is 36.2 Å². The SMILES string of the molecule is CO[C@H](C#CC[C@@H](C(=O)O)n1cccc1)CCc1nc(-c2ccccc2)oc1C. The summed E-state index contributed by atoms with van der Waals surface area (Å²) in [7, 11) is 1.60. The number of benzene rings is 1. The van der Waals surface area contributed by atoms with Crippen LogP contribution in [0.2, 0.25) is 0 Å². The zero-order valence-corrected chi connectivity index (χ0v) is 16.5. The first kappa shape index (κ1) is 20.4. The van der Waals surface area contributed by atoms with E-state index in [9.17, 15) is 9.90 Å². The van der Waals surface area contributed by atoms with E-state index in [1.165, 1.54) is 0 Å². The summed E-state index contributed by atoms with van der Waals surface area (Å²) in [5.41, 5.74) is 1.82. The standard InChI is InChI=1S/C23H24N2O4/c1-17-20(24-22(29-17)18-9-4-3-5-10-18)14-13-19(28-2)11-8-12-21(23(26)27)25-15-6-7-16-25/h3-7,9-10,15-16,19,21H,12-14H2,1-2H3,(H,26,27)/t19-,21+/m1/s1. The molecule has 0 fully saturated rings. The van der Waals surface area contributed by atoms with Crippen molar-refractivity contribution in [2.24, 2.45) is 0 Å². The molecule has 0 bridgehead atoms. The van der Waals surface area contributed by atoms with Crippen molar-refractivity contribution in [3.05, 3.63) is 66.3 Å². The fourth-order valence-corrected chi connectivity index (χ4v) is 3.03. The monoisotopic (exact) mass is 392 g/mol. The zero-order valence-electron chi connectivity index (χ0n) is 16.5. The van der Waals surface area contributed by atoms with Crippen LogP contribution < -0.4 is 0 Å². The second-order valence-electron chi connectivity index (χ2n) is 6.66. The predicted molar refractivity (Wildman–Crippen MR) is 109 cm³/mol. The van der Waals surface area contributed by atoms with E-state index in [-0.39, 0.29) is 12.5 Å². The number of hydrogen-bond acceptors (Lipinski definition) is 4. The molecule has 1 aromatic carbocycles. The van der Waals surface area contributed by atoms with Crippen molar-refractivity contribution in [3.63, 3.8) is 0 Å². The molecule has 1 N–H and O–H groups in total. The number of nitrogens with zero attached hydrogens (tertiary/aromatic N) is 2. The molecule has 0 amide bonds. The lowest BCUT2D eigenvalue weighted by molar-refractivity contribution is -0.140. The zero-order chi connectivity index (χ0) is 20.6. The summed E-state index contributed by atoms with van der Waals surface area (Å²) < 4.78 is 12.9. The van der Waals surface area contributed by atoms with Crippen molar-refractivity contribution in [1.82, 2.24) is 9.55 Å². The highest BCUT2D eigenvalue weighted by Gasteiger charge is 2.17. The Kier molecular flexibility index (Phi) is 6.88. The number of aliphatic carboxylic acids is 1. The van der Waals surface area contributed by atoms with E-state index < -0.39 is 12.0 Å². The molecule has 0 aliphatic carbocycles. The van der Waals surface area contributed by atoms with E-state index in [1.807, 2.05) is 37.3 Å². The Bertz CT molecular complexity index is 981. The van der Waals surface area contributed by atoms with E-state index in [4.69, 9.17) is 9.15 Å². The van der Waals surface area contributed by atoms with Gasteiger partial charge in [0, 0.05) is 31.5 Å². The number of hydrogen-bond donors (Lipinski definition) is 1. The first-order valence-corrected chi connectivity index (χ1v) is 9.46. The van der Waals surface area contributed by atoms with Crippen LogP contribution in [0.15, 0.2) is 59.3 Å². The van der Waals surface area contributed by atoms with Gasteiger partial charge in [-0.3, -0.25) is 0 Å². The Labute approximate surface area is 170 Å². The van der Waals surface area contributed by atoms with Crippen molar-refractivity contribution >= 4 is 5.97 Å². The van der Waals surface area contributed by atoms with Crippen LogP contribution in [0.25, 0.3) is 11.5 Å². The molecule has 2 atom stereocenters. The van der Waals surface area contributed by atoms with Gasteiger partial charge in [-0.05, 0) is 44.0 Å². The molecule has 0 radical (unpaired) electrons. The quantitative estimate of drug-likeness (QED) is 0.584. The summed E-state index contributed by atoms with van der Waals surface area (Å²) in [5.74, 6) is 6.49. The molecule has 2 aromatic heterocycles. The summed E-state index contributed by atoms with van der Waals surface area (Å²) in [6.45, 7) is 1.90. The maximum atomic E-state index is 11.5. The van der Waals surface area contributed by atoms with Crippen molar-refractivity contribution in [2.75, 3.05) is 7.11 Å². The van der Waals surface area contributed by atoms with Gasteiger partial charge in [0.05, 0.1) is 5.69 Å². The first-order chi connectivity index (χ1) is 14.1. The van der Waals surface area contributed by atoms with Crippen LogP contribution in [0.4, 0.5) is 0 Å². The fraction of sp³-hybridized carbons (Fsp3) is 0.304. The van der Waals surface area contributed by atoms with Crippen molar-refractivity contribution in [1.29, 1.82) is 0 Å². The van der Waals surface area contributed by atoms with Crippen LogP contribution in [-0.2, 0) is 16.0 Å². The van der Waals surface area contributed by atoms with Gasteiger partial charge in [0.25, 0.3) is 0 Å². The third kappa shape index (κ3) is 5.37. The molecule has 0 saturated heterocycles. The highest BCUT2D eigenvalue weighted by atomic mass is 16.5. The minimum absolute atomic E-state index is 0.213. The Morgan fingerprint density at radius 2 is 1.97 bits per heavy atom. The number of methoxy groups -OCH3 is 1. The number of aryl methyl sites for hydroxylation is 2. The molecule has 6 heteroatoms. The molecule has 3 aromatic rings. The molecule has 150 valence electrons. The third-order valence-electron chi connectivity index (χ3n) is 4.67. The summed E-state index contributed by atoms with van der Waals surface area (Å²) in [6.07, 6.45) is 4.68. The Morgan fingerprint density at radius 3 is 2.62 bits per heavy atom. The largest absolute Gasteiger partial charge is 0.480 e. The summed E-state index contributed by atoms with van der Waals surface area (Å²) >= 11 is 0. The number of carboxylic acids is 1. The number of rotatable bonds is 8. The Hall–Kier alpha value is -3.30. The number of oxazole rings is 1. The van der Waals surface area contributed by atoms with Gasteiger partial charge in [-0.25, -0.2) is 9.78 Å². The van der Waals surface area contributed by atoms with E-state index in [0.717, 1.165) is 17.0 Å². The van der Waals surface area contributed by atoms with Crippen molar-refractivity contribution in [2.45, 2.75) is 38.3 Å². The van der Waals surface area contributed by atoms with Gasteiger partial charge in [-0.2, -0.15) is 0 Å². The number of carbonyl (C=O) groups is 1. The van der Waals surface area contributed by atoms with Crippen LogP contribution in [-0.4, -0.2) is 33.8 Å². The highest BCUT2D eigenvalue weighted by Crippen LogP contribution is 2.22. The lowest BCUT2D eigenvalue weighted by Crippen LogP contribution is -2.17. The van der Waals surface area contributed by atoms with Gasteiger partial charge in [0.1, 0.15) is 17.9 Å². The molecule has 0 saturated carbocycles. The topological polar surface area (TPSA) is 77.5 Å². The second-order valence-corrected chi connectivity index (χ2v) is 6.66. The molecule has 0 unspecified atom stereocenters. The molecule has 3 rings (SSSR count). The molecular weight excluding hydrogens is 368 g/mol. The molecular formula is C23H24N2O4. The fourth-order valence-electron chi connectivity index (χ4n) is 3.03. The summed E-state index contributed by atoms with van der Waals surface area (Å²) in [4.78, 5) is 16.1. The van der Waals surface area contributed by atoms with Crippen LogP contribution in [0, 0.1) is 18.8 Å². The third-order valence-corrected chi connectivity index (χ3v) is 4.67. The first-order valence-electron chi connectivity index (χ1n) is 9.46. The average molecular weight is 392 g/mol. The summed E-state index contributed by atoms with van der Waals surface area (Å²) in [6, 6.07) is 12.7. The number of ether oxygens (including phenoxy) is 1. The van der Waals surface area contributed by atoms with E-state index in [0.29, 0.717) is 18.7 Å². The lowest BCUT2D eigenvalue weighted by Gasteiger charge is -2.11. The van der Waals surface area contributed by atoms with Gasteiger partial charge < -0.3 is 18.8 Å². The molecule has 0 spiro atoms. The highest BCUT2D eigenvalue weighted by molar-refractivity contribution is 5.72. The molecule has 0 aliphatic heterocycles. The van der Waals surface area contributed by atoms with Gasteiger partial charge in [-0.15, -0.1) is 0 Å². The van der Waals surface area contributed by atoms with Crippen molar-refractivity contribution in [3.8, 4) is 23.3 Å². The molecule has 2 heterocycles. The number of carboxylic acid groups (broad SMARTS) is 1. The van der Waals surface area contributed by atoms with Crippen LogP contribution >= 0.6 is 0 Å². The van der Waals surface area contributed by atoms with Crippen LogP contribution in [0.1, 0.15) is 30.3 Å². The van der Waals surface area contributed by atoms with E-state index in [2.05, 4.69) is 16.8 Å². The molecule has 29 heavy (non-hydrogen) atoms. The normalized spacial score (nSPS) is 12.8. The Balaban J connectivity index is 1.61. The Morgan fingerprint density at radius 1 is 1.24 bits per heavy atom. The van der Waals surface area contributed by atoms with Gasteiger partial charge in [0.15, 0.2) is 0 Å². The minimum atomic E-state index is -0.906. The lowest BCUT2D eigenvalue weighted by atomic mass is 10.1. The minimum Gasteiger partial charge on any atom is -0.480 e. The molecule has 0 aliphatic rings. The van der Waals surface area contributed by atoms with Crippen LogP contribution in [0.5, 0.6) is 0 Å². The van der Waals surface area contributed by atoms with Gasteiger partial charge in [-0.1, -0.05) is 30.0 Å². The summed E-state index contributed by atoms with van der Waals surface area (Å²) in [5, 5.41) is 9.41. The van der Waals surface area contributed by atoms with Gasteiger partial charge >= 0.3 is 5.97 Å². The molecule has 6 nitrogen and oxygen atoms in total. The predicted octanol–water partition coefficient (Wildman–Crippen LogP) is 4.12.